The van der Waals surface area contributed by atoms with Crippen molar-refractivity contribution in [3.05, 3.63) is 143 Å². The van der Waals surface area contributed by atoms with Crippen molar-refractivity contribution in [3.8, 4) is 11.1 Å². The van der Waals surface area contributed by atoms with Crippen LogP contribution in [0.3, 0.4) is 0 Å². The number of nitrogens with zero attached hydrogens (tertiary/aromatic N) is 2. The SMILES string of the molecule is C[C@H]1[C@@H](CN(C)[C@H](C)c2ccc3ccccc3c2)O[C@@H](c2ccc(-c3ccccc3CNC(=O)[C@@H]3CCCN3C(=O)C(F)(F)F)cc2)O[C@H]1c1ccc(CO)cc1. The average Bonchev–Trinajstić information content (AvgIpc) is 3.73. The molecule has 57 heavy (non-hydrogen) atoms. The molecule has 2 amide bonds. The maximum atomic E-state index is 13.2. The predicted molar refractivity (Wildman–Crippen MR) is 212 cm³/mol. The van der Waals surface area contributed by atoms with Crippen LogP contribution in [0, 0.1) is 5.92 Å². The van der Waals surface area contributed by atoms with Crippen LogP contribution < -0.4 is 5.32 Å². The number of benzene rings is 5. The van der Waals surface area contributed by atoms with E-state index in [2.05, 4.69) is 67.5 Å². The molecule has 0 aliphatic carbocycles. The first kappa shape index (κ1) is 40.1. The number of aliphatic hydroxyl groups is 1. The van der Waals surface area contributed by atoms with E-state index < -0.39 is 30.3 Å². The monoisotopic (exact) mass is 779 g/mol. The van der Waals surface area contributed by atoms with Crippen LogP contribution in [-0.2, 0) is 32.2 Å². The minimum Gasteiger partial charge on any atom is -0.392 e. The summed E-state index contributed by atoms with van der Waals surface area (Å²) in [6.45, 7) is 4.94. The lowest BCUT2D eigenvalue weighted by molar-refractivity contribution is -0.276. The smallest absolute Gasteiger partial charge is 0.392 e. The lowest BCUT2D eigenvalue weighted by Crippen LogP contribution is -2.50. The number of aliphatic hydroxyl groups excluding tert-OH is 1. The molecule has 2 N–H and O–H groups in total. The topological polar surface area (TPSA) is 91.3 Å². The van der Waals surface area contributed by atoms with Crippen molar-refractivity contribution in [2.75, 3.05) is 20.1 Å². The lowest BCUT2D eigenvalue weighted by Gasteiger charge is -2.43. The Hall–Kier alpha value is -5.07. The van der Waals surface area contributed by atoms with Gasteiger partial charge in [-0.05, 0) is 77.0 Å². The Morgan fingerprint density at radius 2 is 1.58 bits per heavy atom. The number of rotatable bonds is 11. The number of hydrogen-bond donors (Lipinski definition) is 2. The van der Waals surface area contributed by atoms with Crippen molar-refractivity contribution < 1.29 is 37.3 Å². The van der Waals surface area contributed by atoms with Gasteiger partial charge in [-0.2, -0.15) is 13.2 Å². The van der Waals surface area contributed by atoms with Gasteiger partial charge in [0.1, 0.15) is 6.04 Å². The van der Waals surface area contributed by atoms with Crippen LogP contribution in [0.4, 0.5) is 13.2 Å². The molecule has 5 aromatic carbocycles. The molecule has 0 unspecified atom stereocenters. The van der Waals surface area contributed by atoms with Crippen LogP contribution in [0.2, 0.25) is 0 Å². The fraction of sp³-hybridized carbons (Fsp3) is 0.348. The van der Waals surface area contributed by atoms with Gasteiger partial charge in [-0.1, -0.05) is 116 Å². The molecular weight excluding hydrogens is 732 g/mol. The molecule has 0 radical (unpaired) electrons. The molecule has 6 atom stereocenters. The third-order valence-corrected chi connectivity index (χ3v) is 11.5. The summed E-state index contributed by atoms with van der Waals surface area (Å²) in [5.74, 6) is -2.60. The van der Waals surface area contributed by atoms with E-state index in [1.165, 1.54) is 16.3 Å². The quantitative estimate of drug-likeness (QED) is 0.140. The largest absolute Gasteiger partial charge is 0.471 e. The lowest BCUT2D eigenvalue weighted by atomic mass is 9.89. The van der Waals surface area contributed by atoms with Crippen LogP contribution in [0.5, 0.6) is 0 Å². The molecule has 7 rings (SSSR count). The predicted octanol–water partition coefficient (Wildman–Crippen LogP) is 8.65. The highest BCUT2D eigenvalue weighted by Crippen LogP contribution is 2.43. The Bertz CT molecular complexity index is 2180. The second-order valence-electron chi connectivity index (χ2n) is 15.2. The number of carbonyl (C=O) groups excluding carboxylic acids is 2. The molecule has 0 bridgehead atoms. The van der Waals surface area contributed by atoms with E-state index in [0.717, 1.165) is 33.4 Å². The van der Waals surface area contributed by atoms with Crippen molar-refractivity contribution in [1.29, 1.82) is 0 Å². The summed E-state index contributed by atoms with van der Waals surface area (Å²) in [6, 6.07) is 37.1. The number of hydrogen-bond acceptors (Lipinski definition) is 6. The van der Waals surface area contributed by atoms with Crippen LogP contribution in [-0.4, -0.2) is 65.2 Å². The minimum absolute atomic E-state index is 0.00302. The Morgan fingerprint density at radius 1 is 0.895 bits per heavy atom. The molecule has 5 aromatic rings. The van der Waals surface area contributed by atoms with Gasteiger partial charge in [-0.25, -0.2) is 0 Å². The normalized spacial score (nSPS) is 21.8. The molecule has 2 aliphatic rings. The van der Waals surface area contributed by atoms with Gasteiger partial charge in [0, 0.05) is 37.2 Å². The van der Waals surface area contributed by atoms with E-state index in [1.54, 1.807) is 0 Å². The summed E-state index contributed by atoms with van der Waals surface area (Å²) < 4.78 is 53.0. The third-order valence-electron chi connectivity index (χ3n) is 11.5. The molecule has 8 nitrogen and oxygen atoms in total. The summed E-state index contributed by atoms with van der Waals surface area (Å²) in [7, 11) is 2.12. The summed E-state index contributed by atoms with van der Waals surface area (Å²) in [5, 5.41) is 14.9. The van der Waals surface area contributed by atoms with Crippen LogP contribution in [0.1, 0.15) is 72.9 Å². The van der Waals surface area contributed by atoms with Crippen molar-refractivity contribution in [2.24, 2.45) is 5.92 Å². The number of likely N-dealkylation sites (N-methyl/N-ethyl adjacent to an activating group) is 1. The summed E-state index contributed by atoms with van der Waals surface area (Å²) in [4.78, 5) is 27.9. The number of ether oxygens (including phenoxy) is 2. The molecule has 2 aliphatic heterocycles. The minimum atomic E-state index is -5.03. The van der Waals surface area contributed by atoms with Crippen LogP contribution in [0.15, 0.2) is 115 Å². The Labute approximate surface area is 331 Å². The first-order chi connectivity index (χ1) is 27.4. The number of amides is 2. The Kier molecular flexibility index (Phi) is 12.1. The van der Waals surface area contributed by atoms with Crippen molar-refractivity contribution in [2.45, 2.75) is 76.6 Å². The highest BCUT2D eigenvalue weighted by atomic mass is 19.4. The highest BCUT2D eigenvalue weighted by Gasteiger charge is 2.47. The molecule has 0 saturated carbocycles. The zero-order valence-electron chi connectivity index (χ0n) is 32.3. The number of carbonyl (C=O) groups is 2. The van der Waals surface area contributed by atoms with E-state index in [9.17, 15) is 27.9 Å². The number of halogens is 3. The molecule has 0 aromatic heterocycles. The fourth-order valence-corrected chi connectivity index (χ4v) is 8.01. The van der Waals surface area contributed by atoms with Crippen LogP contribution >= 0.6 is 0 Å². The first-order valence-electron chi connectivity index (χ1n) is 19.4. The maximum Gasteiger partial charge on any atom is 0.471 e. The maximum absolute atomic E-state index is 13.2. The van der Waals surface area contributed by atoms with E-state index in [-0.39, 0.29) is 50.3 Å². The number of fused-ring (bicyclic) bond motifs is 1. The van der Waals surface area contributed by atoms with Gasteiger partial charge in [0.2, 0.25) is 5.91 Å². The van der Waals surface area contributed by atoms with Gasteiger partial charge in [-0.3, -0.25) is 14.5 Å². The van der Waals surface area contributed by atoms with Gasteiger partial charge < -0.3 is 24.8 Å². The van der Waals surface area contributed by atoms with E-state index in [1.807, 2.05) is 78.9 Å². The van der Waals surface area contributed by atoms with Crippen molar-refractivity contribution in [3.63, 3.8) is 0 Å². The average molecular weight is 780 g/mol. The molecule has 0 spiro atoms. The number of likely N-dealkylation sites (tertiary alicyclic amines) is 1. The zero-order valence-corrected chi connectivity index (χ0v) is 32.3. The Morgan fingerprint density at radius 3 is 2.30 bits per heavy atom. The van der Waals surface area contributed by atoms with Crippen molar-refractivity contribution >= 4 is 22.6 Å². The standard InChI is InChI=1S/C46H48F3N3O5/c1-29-41(27-51(3)30(2)36-23-18-32-9-4-5-10-37(32)25-36)56-44(57-42(29)34-16-14-31(28-53)15-17-34)35-21-19-33(20-22-35)39-12-7-6-11-38(39)26-50-43(54)40-13-8-24-52(40)45(55)46(47,48)49/h4-7,9-12,14-23,25,29-30,40-42,44,53H,8,13,24,26-28H2,1-3H3,(H,50,54)/t29-,30+,40-,41+,42+,44+/m0/s1. The molecule has 2 fully saturated rings. The van der Waals surface area contributed by atoms with Gasteiger partial charge in [0.15, 0.2) is 6.29 Å². The van der Waals surface area contributed by atoms with Gasteiger partial charge in [-0.15, -0.1) is 0 Å². The molecule has 2 heterocycles. The second kappa shape index (κ2) is 17.2. The van der Waals surface area contributed by atoms with Gasteiger partial charge in [0.25, 0.3) is 0 Å². The Balaban J connectivity index is 1.08. The van der Waals surface area contributed by atoms with Gasteiger partial charge in [0.05, 0.1) is 18.8 Å². The van der Waals surface area contributed by atoms with E-state index in [4.69, 9.17) is 9.47 Å². The summed E-state index contributed by atoms with van der Waals surface area (Å²) in [5.41, 5.74) is 6.37. The molecule has 11 heteroatoms. The molecule has 2 saturated heterocycles. The molecule has 298 valence electrons. The zero-order chi connectivity index (χ0) is 40.3. The number of nitrogens with one attached hydrogen (secondary N) is 1. The summed E-state index contributed by atoms with van der Waals surface area (Å²) in [6.07, 6.45) is -5.67. The van der Waals surface area contributed by atoms with E-state index >= 15 is 0 Å². The van der Waals surface area contributed by atoms with Crippen LogP contribution in [0.25, 0.3) is 21.9 Å². The third kappa shape index (κ3) is 8.92. The summed E-state index contributed by atoms with van der Waals surface area (Å²) >= 11 is 0. The van der Waals surface area contributed by atoms with Gasteiger partial charge >= 0.3 is 12.1 Å². The second-order valence-corrected chi connectivity index (χ2v) is 15.2. The van der Waals surface area contributed by atoms with Crippen molar-refractivity contribution in [1.82, 2.24) is 15.1 Å². The highest BCUT2D eigenvalue weighted by molar-refractivity contribution is 5.90. The fourth-order valence-electron chi connectivity index (χ4n) is 8.01. The number of alkyl halides is 3. The first-order valence-corrected chi connectivity index (χ1v) is 19.4. The van der Waals surface area contributed by atoms with E-state index in [0.29, 0.717) is 17.9 Å². The molecular formula is C46H48F3N3O5.